The van der Waals surface area contributed by atoms with Gasteiger partial charge in [-0.25, -0.2) is 9.78 Å². The summed E-state index contributed by atoms with van der Waals surface area (Å²) in [5.74, 6) is 1.39. The van der Waals surface area contributed by atoms with E-state index < -0.39 is 6.03 Å². The first-order chi connectivity index (χ1) is 14.2. The smallest absolute Gasteiger partial charge is 0.320 e. The van der Waals surface area contributed by atoms with Crippen LogP contribution in [0.4, 0.5) is 10.6 Å². The van der Waals surface area contributed by atoms with Crippen molar-refractivity contribution in [2.75, 3.05) is 12.4 Å². The maximum atomic E-state index is 12.5. The number of carbonyl (C=O) groups is 1. The van der Waals surface area contributed by atoms with Crippen LogP contribution in [-0.4, -0.2) is 32.9 Å². The number of hydrogen-bond acceptors (Lipinski definition) is 5. The van der Waals surface area contributed by atoms with Crippen LogP contribution in [0.2, 0.25) is 0 Å². The maximum Gasteiger partial charge on any atom is 0.320 e. The lowest BCUT2D eigenvalue weighted by Gasteiger charge is -2.13. The molecule has 3 rings (SSSR count). The molecule has 0 unspecified atom stereocenters. The van der Waals surface area contributed by atoms with E-state index in [1.54, 1.807) is 20.1 Å². The van der Waals surface area contributed by atoms with E-state index in [0.29, 0.717) is 18.1 Å². The van der Waals surface area contributed by atoms with Gasteiger partial charge in [0.2, 0.25) is 5.95 Å². The lowest BCUT2D eigenvalue weighted by molar-refractivity contribution is 0.251. The highest BCUT2D eigenvalue weighted by Gasteiger charge is 2.22. The van der Waals surface area contributed by atoms with Crippen molar-refractivity contribution in [1.82, 2.24) is 25.1 Å². The molecule has 3 aromatic rings. The van der Waals surface area contributed by atoms with Crippen LogP contribution in [0, 0.1) is 6.92 Å². The molecule has 3 N–H and O–H groups in total. The number of H-pyrrole nitrogens is 1. The molecule has 30 heavy (non-hydrogen) atoms. The van der Waals surface area contributed by atoms with Crippen LogP contribution < -0.4 is 20.9 Å². The average Bonchev–Trinajstić information content (AvgIpc) is 3.10. The van der Waals surface area contributed by atoms with Crippen LogP contribution in [0.3, 0.4) is 0 Å². The van der Waals surface area contributed by atoms with Crippen LogP contribution in [-0.2, 0) is 12.0 Å². The molecule has 0 bridgehead atoms. The van der Waals surface area contributed by atoms with Crippen LogP contribution in [0.1, 0.15) is 37.7 Å². The second-order valence-corrected chi connectivity index (χ2v) is 7.94. The summed E-state index contributed by atoms with van der Waals surface area (Å²) in [6.45, 7) is 8.11. The highest BCUT2D eigenvalue weighted by Crippen LogP contribution is 2.25. The number of urea groups is 1. The van der Waals surface area contributed by atoms with Crippen molar-refractivity contribution in [3.05, 3.63) is 63.7 Å². The van der Waals surface area contributed by atoms with Gasteiger partial charge in [-0.15, -0.1) is 0 Å². The van der Waals surface area contributed by atoms with Crippen molar-refractivity contribution in [1.29, 1.82) is 0 Å². The Hall–Kier alpha value is -3.62. The molecule has 0 aliphatic carbocycles. The molecule has 0 fully saturated rings. The lowest BCUT2D eigenvalue weighted by atomic mass is 9.92. The predicted octanol–water partition coefficient (Wildman–Crippen LogP) is 2.89. The van der Waals surface area contributed by atoms with Gasteiger partial charge in [-0.2, -0.15) is 9.78 Å². The molecular formula is C21H26N6O3. The van der Waals surface area contributed by atoms with Gasteiger partial charge < -0.3 is 10.1 Å². The van der Waals surface area contributed by atoms with Crippen molar-refractivity contribution < 1.29 is 9.53 Å². The molecule has 0 saturated heterocycles. The van der Waals surface area contributed by atoms with Gasteiger partial charge in [0.15, 0.2) is 0 Å². The monoisotopic (exact) mass is 410 g/mol. The Balaban J connectivity index is 1.82. The zero-order valence-electron chi connectivity index (χ0n) is 17.7. The van der Waals surface area contributed by atoms with Gasteiger partial charge in [-0.1, -0.05) is 32.9 Å². The zero-order chi connectivity index (χ0) is 21.9. The molecule has 2 heterocycles. The summed E-state index contributed by atoms with van der Waals surface area (Å²) in [5, 5.41) is 10.2. The Bertz CT molecular complexity index is 1090. The minimum Gasteiger partial charge on any atom is -0.497 e. The Morgan fingerprint density at radius 2 is 1.90 bits per heavy atom. The fourth-order valence-electron chi connectivity index (χ4n) is 2.75. The van der Waals surface area contributed by atoms with Crippen LogP contribution >= 0.6 is 0 Å². The fraction of sp³-hybridized carbons (Fsp3) is 0.333. The number of aromatic nitrogens is 4. The molecule has 0 aliphatic rings. The van der Waals surface area contributed by atoms with Crippen molar-refractivity contribution in [3.63, 3.8) is 0 Å². The number of hydrogen-bond donors (Lipinski definition) is 3. The Labute approximate surface area is 174 Å². The van der Waals surface area contributed by atoms with Crippen molar-refractivity contribution in [2.24, 2.45) is 0 Å². The first-order valence-electron chi connectivity index (χ1n) is 9.52. The van der Waals surface area contributed by atoms with E-state index in [1.165, 1.54) is 10.7 Å². The van der Waals surface area contributed by atoms with Gasteiger partial charge in [-0.3, -0.25) is 15.1 Å². The summed E-state index contributed by atoms with van der Waals surface area (Å²) in [5.41, 5.74) is 1.68. The number of nitrogens with zero attached hydrogens (tertiary/aromatic N) is 3. The normalized spacial score (nSPS) is 11.2. The molecule has 2 amide bonds. The summed E-state index contributed by atoms with van der Waals surface area (Å²) in [6.07, 6.45) is 0. The van der Waals surface area contributed by atoms with Crippen LogP contribution in [0.15, 0.2) is 41.2 Å². The maximum absolute atomic E-state index is 12.5. The average molecular weight is 410 g/mol. The van der Waals surface area contributed by atoms with Crippen LogP contribution in [0.5, 0.6) is 5.75 Å². The Morgan fingerprint density at radius 3 is 2.50 bits per heavy atom. The van der Waals surface area contributed by atoms with Crippen molar-refractivity contribution in [3.8, 4) is 11.7 Å². The minimum absolute atomic E-state index is 0.237. The quantitative estimate of drug-likeness (QED) is 0.598. The molecular weight excluding hydrogens is 384 g/mol. The van der Waals surface area contributed by atoms with E-state index in [4.69, 9.17) is 4.74 Å². The molecule has 0 atom stereocenters. The largest absolute Gasteiger partial charge is 0.497 e. The van der Waals surface area contributed by atoms with Gasteiger partial charge in [0, 0.05) is 29.8 Å². The molecule has 0 aliphatic heterocycles. The number of methoxy groups -OCH3 is 1. The third-order valence-corrected chi connectivity index (χ3v) is 4.39. The van der Waals surface area contributed by atoms with E-state index >= 15 is 0 Å². The first kappa shape index (κ1) is 21.1. The number of aromatic amines is 1. The fourth-order valence-corrected chi connectivity index (χ4v) is 2.75. The van der Waals surface area contributed by atoms with Crippen LogP contribution in [0.25, 0.3) is 5.95 Å². The van der Waals surface area contributed by atoms with E-state index in [1.807, 2.05) is 45.0 Å². The van der Waals surface area contributed by atoms with Gasteiger partial charge >= 0.3 is 6.03 Å². The number of amides is 2. The summed E-state index contributed by atoms with van der Waals surface area (Å²) in [6, 6.07) is 10.2. The predicted molar refractivity (Wildman–Crippen MR) is 114 cm³/mol. The summed E-state index contributed by atoms with van der Waals surface area (Å²) >= 11 is 0. The first-order valence-corrected chi connectivity index (χ1v) is 9.52. The zero-order valence-corrected chi connectivity index (χ0v) is 17.7. The van der Waals surface area contributed by atoms with E-state index in [-0.39, 0.29) is 16.9 Å². The second kappa shape index (κ2) is 8.40. The molecule has 2 aromatic heterocycles. The summed E-state index contributed by atoms with van der Waals surface area (Å²) in [4.78, 5) is 31.4. The number of aryl methyl sites for hydroxylation is 1. The SMILES string of the molecule is COc1ccc(CNC(=O)Nc2cc(C(C)(C)C)nn2-c2nc(C)cc(=O)[nH]2)cc1. The molecule has 0 spiro atoms. The highest BCUT2D eigenvalue weighted by molar-refractivity contribution is 5.88. The number of nitrogens with one attached hydrogen (secondary N) is 3. The number of ether oxygens (including phenoxy) is 1. The standard InChI is InChI=1S/C21H26N6O3/c1-13-10-18(28)25-19(23-13)27-17(11-16(26-27)21(2,3)4)24-20(29)22-12-14-6-8-15(30-5)9-7-14/h6-11H,12H2,1-5H3,(H2,22,24,29)(H,23,25,28). The molecule has 0 saturated carbocycles. The molecule has 0 radical (unpaired) electrons. The van der Waals surface area contributed by atoms with E-state index in [0.717, 1.165) is 17.0 Å². The molecule has 1 aromatic carbocycles. The topological polar surface area (TPSA) is 114 Å². The molecule has 9 heteroatoms. The highest BCUT2D eigenvalue weighted by atomic mass is 16.5. The Morgan fingerprint density at radius 1 is 1.20 bits per heavy atom. The third kappa shape index (κ3) is 5.05. The lowest BCUT2D eigenvalue weighted by Crippen LogP contribution is -2.29. The Kier molecular flexibility index (Phi) is 5.91. The van der Waals surface area contributed by atoms with Gasteiger partial charge in [0.05, 0.1) is 12.8 Å². The second-order valence-electron chi connectivity index (χ2n) is 7.94. The number of anilines is 1. The van der Waals surface area contributed by atoms with Gasteiger partial charge in [0.25, 0.3) is 5.56 Å². The third-order valence-electron chi connectivity index (χ3n) is 4.39. The van der Waals surface area contributed by atoms with Gasteiger partial charge in [-0.05, 0) is 24.6 Å². The number of benzene rings is 1. The summed E-state index contributed by atoms with van der Waals surface area (Å²) in [7, 11) is 1.60. The van der Waals surface area contributed by atoms with E-state index in [9.17, 15) is 9.59 Å². The number of carbonyl (C=O) groups excluding carboxylic acids is 1. The minimum atomic E-state index is -0.401. The van der Waals surface area contributed by atoms with Crippen molar-refractivity contribution in [2.45, 2.75) is 39.7 Å². The van der Waals surface area contributed by atoms with Gasteiger partial charge in [0.1, 0.15) is 11.6 Å². The van der Waals surface area contributed by atoms with E-state index in [2.05, 4.69) is 25.7 Å². The van der Waals surface area contributed by atoms with Crippen molar-refractivity contribution >= 4 is 11.8 Å². The summed E-state index contributed by atoms with van der Waals surface area (Å²) < 4.78 is 6.57. The molecule has 158 valence electrons. The molecule has 9 nitrogen and oxygen atoms in total. The number of rotatable bonds is 5.